The Labute approximate surface area is 80.5 Å². The number of hydrogen-bond acceptors (Lipinski definition) is 3. The Balaban J connectivity index is 2.32. The van der Waals surface area contributed by atoms with Gasteiger partial charge in [-0.3, -0.25) is 0 Å². The van der Waals surface area contributed by atoms with Gasteiger partial charge in [-0.1, -0.05) is 0 Å². The molecule has 1 heterocycles. The van der Waals surface area contributed by atoms with Crippen LogP contribution >= 0.6 is 0 Å². The Morgan fingerprint density at radius 2 is 1.92 bits per heavy atom. The van der Waals surface area contributed by atoms with E-state index < -0.39 is 0 Å². The first-order chi connectivity index (χ1) is 6.11. The standard InChI is InChI=1S/C10H21NO2/c1-7(6-12)11-10-4-8(2)13-9(3)5-10/h7-12H,4-6H2,1-3H3/t7-,8-,9-/m0/s1. The average molecular weight is 187 g/mol. The van der Waals surface area contributed by atoms with Crippen molar-refractivity contribution < 1.29 is 9.84 Å². The molecule has 1 fully saturated rings. The van der Waals surface area contributed by atoms with Gasteiger partial charge in [0.05, 0.1) is 18.8 Å². The lowest BCUT2D eigenvalue weighted by molar-refractivity contribution is -0.0440. The third-order valence-corrected chi connectivity index (χ3v) is 2.49. The highest BCUT2D eigenvalue weighted by Gasteiger charge is 2.24. The maximum atomic E-state index is 8.90. The van der Waals surface area contributed by atoms with Crippen molar-refractivity contribution in [2.24, 2.45) is 0 Å². The van der Waals surface area contributed by atoms with Crippen LogP contribution in [0.2, 0.25) is 0 Å². The minimum atomic E-state index is 0.197. The summed E-state index contributed by atoms with van der Waals surface area (Å²) >= 11 is 0. The molecular formula is C10H21NO2. The first-order valence-corrected chi connectivity index (χ1v) is 5.14. The summed E-state index contributed by atoms with van der Waals surface area (Å²) in [4.78, 5) is 0. The SMILES string of the molecule is C[C@@H](CO)NC1C[C@H](C)O[C@@H](C)C1. The fraction of sp³-hybridized carbons (Fsp3) is 1.00. The van der Waals surface area contributed by atoms with Gasteiger partial charge in [0.1, 0.15) is 0 Å². The van der Waals surface area contributed by atoms with Crippen molar-refractivity contribution in [2.75, 3.05) is 6.61 Å². The Hall–Kier alpha value is -0.120. The van der Waals surface area contributed by atoms with Crippen LogP contribution in [0.1, 0.15) is 33.6 Å². The van der Waals surface area contributed by atoms with Crippen molar-refractivity contribution in [1.82, 2.24) is 5.32 Å². The van der Waals surface area contributed by atoms with E-state index in [0.29, 0.717) is 18.2 Å². The van der Waals surface area contributed by atoms with Crippen LogP contribution in [-0.4, -0.2) is 36.0 Å². The molecule has 0 aromatic carbocycles. The summed E-state index contributed by atoms with van der Waals surface area (Å²) < 4.78 is 5.63. The number of nitrogens with one attached hydrogen (secondary N) is 1. The van der Waals surface area contributed by atoms with Gasteiger partial charge in [-0.25, -0.2) is 0 Å². The summed E-state index contributed by atoms with van der Waals surface area (Å²) in [7, 11) is 0. The normalized spacial score (nSPS) is 37.4. The Morgan fingerprint density at radius 3 is 2.38 bits per heavy atom. The van der Waals surface area contributed by atoms with Crippen LogP contribution in [0.5, 0.6) is 0 Å². The minimum absolute atomic E-state index is 0.197. The summed E-state index contributed by atoms with van der Waals surface area (Å²) in [6, 6.07) is 0.698. The average Bonchev–Trinajstić information content (AvgIpc) is 2.02. The summed E-state index contributed by atoms with van der Waals surface area (Å²) in [6.07, 6.45) is 2.78. The number of ether oxygens (including phenoxy) is 1. The van der Waals surface area contributed by atoms with Gasteiger partial charge < -0.3 is 15.2 Å². The zero-order chi connectivity index (χ0) is 9.84. The zero-order valence-corrected chi connectivity index (χ0v) is 8.79. The molecule has 0 aromatic heterocycles. The number of aliphatic hydroxyl groups is 1. The van der Waals surface area contributed by atoms with Crippen LogP contribution in [0, 0.1) is 0 Å². The highest BCUT2D eigenvalue weighted by Crippen LogP contribution is 2.19. The molecule has 13 heavy (non-hydrogen) atoms. The molecule has 0 unspecified atom stereocenters. The molecule has 1 rings (SSSR count). The predicted octanol–water partition coefficient (Wildman–Crippen LogP) is 0.913. The van der Waals surface area contributed by atoms with E-state index in [4.69, 9.17) is 9.84 Å². The molecule has 0 saturated carbocycles. The molecular weight excluding hydrogens is 166 g/mol. The van der Waals surface area contributed by atoms with E-state index in [-0.39, 0.29) is 12.6 Å². The quantitative estimate of drug-likeness (QED) is 0.690. The van der Waals surface area contributed by atoms with E-state index in [0.717, 1.165) is 12.8 Å². The molecule has 0 aliphatic carbocycles. The van der Waals surface area contributed by atoms with Crippen molar-refractivity contribution in [2.45, 2.75) is 57.9 Å². The van der Waals surface area contributed by atoms with Crippen molar-refractivity contribution in [1.29, 1.82) is 0 Å². The second kappa shape index (κ2) is 4.94. The maximum Gasteiger partial charge on any atom is 0.0582 e. The van der Waals surface area contributed by atoms with Crippen molar-refractivity contribution in [3.05, 3.63) is 0 Å². The van der Waals surface area contributed by atoms with Gasteiger partial charge in [-0.2, -0.15) is 0 Å². The third-order valence-electron chi connectivity index (χ3n) is 2.49. The van der Waals surface area contributed by atoms with Gasteiger partial charge >= 0.3 is 0 Å². The number of hydrogen-bond donors (Lipinski definition) is 2. The molecule has 3 heteroatoms. The first kappa shape index (κ1) is 11.0. The van der Waals surface area contributed by atoms with Gasteiger partial charge in [0, 0.05) is 12.1 Å². The molecule has 1 saturated heterocycles. The summed E-state index contributed by atoms with van der Waals surface area (Å²) in [5, 5.41) is 12.3. The molecule has 1 aliphatic rings. The molecule has 0 aromatic rings. The summed E-state index contributed by atoms with van der Waals surface area (Å²) in [6.45, 7) is 6.42. The molecule has 0 spiro atoms. The Morgan fingerprint density at radius 1 is 1.38 bits per heavy atom. The van der Waals surface area contributed by atoms with Crippen LogP contribution in [0.25, 0.3) is 0 Å². The highest BCUT2D eigenvalue weighted by molar-refractivity contribution is 4.80. The second-order valence-electron chi connectivity index (χ2n) is 4.18. The molecule has 0 bridgehead atoms. The van der Waals surface area contributed by atoms with Gasteiger partial charge in [-0.05, 0) is 33.6 Å². The van der Waals surface area contributed by atoms with Crippen molar-refractivity contribution in [3.8, 4) is 0 Å². The number of aliphatic hydroxyl groups excluding tert-OH is 1. The van der Waals surface area contributed by atoms with Gasteiger partial charge in [-0.15, -0.1) is 0 Å². The highest BCUT2D eigenvalue weighted by atomic mass is 16.5. The lowest BCUT2D eigenvalue weighted by Crippen LogP contribution is -2.45. The minimum Gasteiger partial charge on any atom is -0.395 e. The van der Waals surface area contributed by atoms with E-state index in [9.17, 15) is 0 Å². The Kier molecular flexibility index (Phi) is 4.16. The summed E-state index contributed by atoms with van der Waals surface area (Å²) in [5.74, 6) is 0. The molecule has 0 radical (unpaired) electrons. The zero-order valence-electron chi connectivity index (χ0n) is 8.79. The topological polar surface area (TPSA) is 41.5 Å². The van der Waals surface area contributed by atoms with Crippen molar-refractivity contribution in [3.63, 3.8) is 0 Å². The smallest absolute Gasteiger partial charge is 0.0582 e. The van der Waals surface area contributed by atoms with E-state index in [1.165, 1.54) is 0 Å². The first-order valence-electron chi connectivity index (χ1n) is 5.14. The summed E-state index contributed by atoms with van der Waals surface area (Å²) in [5.41, 5.74) is 0. The molecule has 3 atom stereocenters. The predicted molar refractivity (Wildman–Crippen MR) is 52.7 cm³/mol. The largest absolute Gasteiger partial charge is 0.395 e. The Bertz CT molecular complexity index is 142. The maximum absolute atomic E-state index is 8.90. The molecule has 2 N–H and O–H groups in total. The second-order valence-corrected chi connectivity index (χ2v) is 4.18. The van der Waals surface area contributed by atoms with Crippen LogP contribution in [-0.2, 0) is 4.74 Å². The van der Waals surface area contributed by atoms with Gasteiger partial charge in [0.15, 0.2) is 0 Å². The molecule has 0 amide bonds. The van der Waals surface area contributed by atoms with Crippen LogP contribution < -0.4 is 5.32 Å². The molecule has 1 aliphatic heterocycles. The lowest BCUT2D eigenvalue weighted by atomic mass is 9.99. The van der Waals surface area contributed by atoms with E-state index in [2.05, 4.69) is 19.2 Å². The number of rotatable bonds is 3. The van der Waals surface area contributed by atoms with E-state index in [1.54, 1.807) is 0 Å². The van der Waals surface area contributed by atoms with Crippen LogP contribution in [0.15, 0.2) is 0 Å². The van der Waals surface area contributed by atoms with Gasteiger partial charge in [0.2, 0.25) is 0 Å². The van der Waals surface area contributed by atoms with E-state index in [1.807, 2.05) is 6.92 Å². The van der Waals surface area contributed by atoms with Crippen molar-refractivity contribution >= 4 is 0 Å². The molecule has 3 nitrogen and oxygen atoms in total. The fourth-order valence-corrected chi connectivity index (χ4v) is 2.00. The third kappa shape index (κ3) is 3.63. The van der Waals surface area contributed by atoms with Gasteiger partial charge in [0.25, 0.3) is 0 Å². The van der Waals surface area contributed by atoms with E-state index >= 15 is 0 Å². The van der Waals surface area contributed by atoms with Crippen LogP contribution in [0.4, 0.5) is 0 Å². The fourth-order valence-electron chi connectivity index (χ4n) is 2.00. The monoisotopic (exact) mass is 187 g/mol. The lowest BCUT2D eigenvalue weighted by Gasteiger charge is -2.34. The molecule has 78 valence electrons. The van der Waals surface area contributed by atoms with Crippen LogP contribution in [0.3, 0.4) is 0 Å².